The summed E-state index contributed by atoms with van der Waals surface area (Å²) in [6.45, 7) is 2.52. The summed E-state index contributed by atoms with van der Waals surface area (Å²) in [5, 5.41) is 15.1. The normalized spacial score (nSPS) is 10.6. The van der Waals surface area contributed by atoms with Gasteiger partial charge in [0, 0.05) is 30.4 Å². The number of nitrogens with zero attached hydrogens (tertiary/aromatic N) is 4. The van der Waals surface area contributed by atoms with Crippen molar-refractivity contribution in [3.63, 3.8) is 0 Å². The Morgan fingerprint density at radius 1 is 1.15 bits per heavy atom. The molecular weight excluding hydrogens is 342 g/mol. The van der Waals surface area contributed by atoms with Gasteiger partial charge in [0.15, 0.2) is 5.82 Å². The third kappa shape index (κ3) is 4.85. The number of ether oxygens (including phenoxy) is 1. The van der Waals surface area contributed by atoms with Crippen molar-refractivity contribution >= 4 is 29.8 Å². The van der Waals surface area contributed by atoms with Crippen molar-refractivity contribution in [3.05, 3.63) is 66.2 Å². The van der Waals surface area contributed by atoms with Gasteiger partial charge < -0.3 is 15.5 Å². The summed E-state index contributed by atoms with van der Waals surface area (Å²) in [6, 6.07) is 11.2. The summed E-state index contributed by atoms with van der Waals surface area (Å²) in [5.74, 6) is 1.68. The largest absolute Gasteiger partial charge is 0.494 e. The summed E-state index contributed by atoms with van der Waals surface area (Å²) in [7, 11) is 0. The number of hydrogen-bond acceptors (Lipinski definition) is 8. The maximum Gasteiger partial charge on any atom is 0.160 e. The van der Waals surface area contributed by atoms with Crippen molar-refractivity contribution in [3.8, 4) is 5.75 Å². The molecule has 3 aromatic rings. The molecule has 0 aliphatic rings. The van der Waals surface area contributed by atoms with Crippen LogP contribution in [0.3, 0.4) is 0 Å². The average Bonchev–Trinajstić information content (AvgIpc) is 2.70. The van der Waals surface area contributed by atoms with Gasteiger partial charge in [0.1, 0.15) is 17.9 Å². The van der Waals surface area contributed by atoms with Crippen molar-refractivity contribution in [2.45, 2.75) is 6.92 Å². The fourth-order valence-corrected chi connectivity index (χ4v) is 2.31. The third-order valence-electron chi connectivity index (χ3n) is 3.53. The molecule has 0 radical (unpaired) electrons. The first-order valence-electron chi connectivity index (χ1n) is 8.34. The van der Waals surface area contributed by atoms with Gasteiger partial charge in [0.05, 0.1) is 18.4 Å². The molecule has 27 heavy (non-hydrogen) atoms. The van der Waals surface area contributed by atoms with Crippen LogP contribution in [0.2, 0.25) is 0 Å². The van der Waals surface area contributed by atoms with Gasteiger partial charge >= 0.3 is 0 Å². The number of hydrogen-bond donors (Lipinski definition) is 3. The monoisotopic (exact) mass is 361 g/mol. The van der Waals surface area contributed by atoms with Gasteiger partial charge in [-0.2, -0.15) is 5.10 Å². The molecule has 0 aliphatic carbocycles. The minimum Gasteiger partial charge on any atom is -0.494 e. The van der Waals surface area contributed by atoms with E-state index in [1.54, 1.807) is 18.6 Å². The Morgan fingerprint density at radius 2 is 1.96 bits per heavy atom. The van der Waals surface area contributed by atoms with E-state index >= 15 is 0 Å². The van der Waals surface area contributed by atoms with E-state index in [9.17, 15) is 0 Å². The van der Waals surface area contributed by atoms with E-state index < -0.39 is 0 Å². The average molecular weight is 361 g/mol. The molecule has 0 saturated carbocycles. The highest BCUT2D eigenvalue weighted by Gasteiger charge is 2.09. The minimum absolute atomic E-state index is 0.425. The quantitative estimate of drug-likeness (QED) is 0.419. The number of benzene rings is 1. The molecule has 3 rings (SSSR count). The lowest BCUT2D eigenvalue weighted by molar-refractivity contribution is 0.340. The van der Waals surface area contributed by atoms with E-state index in [0.717, 1.165) is 17.0 Å². The summed E-state index contributed by atoms with van der Waals surface area (Å²) in [5.41, 5.74) is 5.04. The number of aromatic nitrogens is 3. The zero-order valence-corrected chi connectivity index (χ0v) is 14.8. The lowest BCUT2D eigenvalue weighted by Gasteiger charge is -2.12. The highest BCUT2D eigenvalue weighted by molar-refractivity contribution is 5.92. The second kappa shape index (κ2) is 9.04. The summed E-state index contributed by atoms with van der Waals surface area (Å²) < 4.78 is 5.51. The third-order valence-corrected chi connectivity index (χ3v) is 3.53. The maximum absolute atomic E-state index is 7.73. The molecule has 0 fully saturated rings. The summed E-state index contributed by atoms with van der Waals surface area (Å²) >= 11 is 0. The van der Waals surface area contributed by atoms with Crippen LogP contribution in [0.5, 0.6) is 5.75 Å². The van der Waals surface area contributed by atoms with Gasteiger partial charge in [-0.15, -0.1) is 0 Å². The fraction of sp³-hybridized carbons (Fsp3) is 0.105. The molecule has 0 bridgehead atoms. The molecule has 2 heterocycles. The Balaban J connectivity index is 1.79. The molecule has 8 nitrogen and oxygen atoms in total. The Morgan fingerprint density at radius 3 is 2.74 bits per heavy atom. The first-order chi connectivity index (χ1) is 13.3. The SMILES string of the molecule is CCOc1cccc(Nc2ncnc(N/N=C/c3ccncc3)c2C=N)c1. The first kappa shape index (κ1) is 18.0. The van der Waals surface area contributed by atoms with Crippen molar-refractivity contribution in [2.24, 2.45) is 5.10 Å². The van der Waals surface area contributed by atoms with Gasteiger partial charge in [-0.05, 0) is 36.8 Å². The molecule has 2 aromatic heterocycles. The van der Waals surface area contributed by atoms with Crippen LogP contribution in [0.1, 0.15) is 18.1 Å². The molecule has 0 aliphatic heterocycles. The number of hydrazone groups is 1. The predicted octanol–water partition coefficient (Wildman–Crippen LogP) is 3.46. The van der Waals surface area contributed by atoms with Gasteiger partial charge in [-0.25, -0.2) is 9.97 Å². The van der Waals surface area contributed by atoms with Crippen molar-refractivity contribution in [2.75, 3.05) is 17.3 Å². The highest BCUT2D eigenvalue weighted by Crippen LogP contribution is 2.24. The molecule has 0 saturated heterocycles. The molecule has 0 atom stereocenters. The van der Waals surface area contributed by atoms with Crippen LogP contribution in [0.25, 0.3) is 0 Å². The molecule has 3 N–H and O–H groups in total. The van der Waals surface area contributed by atoms with Crippen LogP contribution in [-0.2, 0) is 0 Å². The summed E-state index contributed by atoms with van der Waals surface area (Å²) in [6.07, 6.45) is 7.61. The number of rotatable bonds is 8. The van der Waals surface area contributed by atoms with Crippen LogP contribution >= 0.6 is 0 Å². The van der Waals surface area contributed by atoms with Gasteiger partial charge in [-0.3, -0.25) is 10.4 Å². The van der Waals surface area contributed by atoms with Crippen LogP contribution in [0.4, 0.5) is 17.3 Å². The van der Waals surface area contributed by atoms with Gasteiger partial charge in [0.25, 0.3) is 0 Å². The molecule has 0 amide bonds. The fourth-order valence-electron chi connectivity index (χ4n) is 2.31. The van der Waals surface area contributed by atoms with Crippen LogP contribution in [0.15, 0.2) is 60.2 Å². The van der Waals surface area contributed by atoms with Gasteiger partial charge in [-0.1, -0.05) is 6.07 Å². The van der Waals surface area contributed by atoms with E-state index in [-0.39, 0.29) is 0 Å². The zero-order chi connectivity index (χ0) is 18.9. The number of pyridine rings is 1. The smallest absolute Gasteiger partial charge is 0.160 e. The van der Waals surface area contributed by atoms with Crippen molar-refractivity contribution in [1.29, 1.82) is 5.41 Å². The molecule has 0 spiro atoms. The van der Waals surface area contributed by atoms with E-state index in [4.69, 9.17) is 10.1 Å². The van der Waals surface area contributed by atoms with E-state index in [0.29, 0.717) is 23.8 Å². The minimum atomic E-state index is 0.425. The lowest BCUT2D eigenvalue weighted by atomic mass is 10.2. The Hall–Kier alpha value is -3.81. The molecule has 8 heteroatoms. The predicted molar refractivity (Wildman–Crippen MR) is 106 cm³/mol. The molecule has 136 valence electrons. The number of nitrogens with one attached hydrogen (secondary N) is 3. The second-order valence-electron chi connectivity index (χ2n) is 5.37. The van der Waals surface area contributed by atoms with Gasteiger partial charge in [0.2, 0.25) is 0 Å². The Labute approximate surface area is 156 Å². The zero-order valence-electron chi connectivity index (χ0n) is 14.8. The topological polar surface area (TPSA) is 108 Å². The van der Waals surface area contributed by atoms with Crippen LogP contribution < -0.4 is 15.5 Å². The molecule has 0 unspecified atom stereocenters. The number of anilines is 3. The van der Waals surface area contributed by atoms with Crippen LogP contribution in [0, 0.1) is 5.41 Å². The lowest BCUT2D eigenvalue weighted by Crippen LogP contribution is -2.05. The van der Waals surface area contributed by atoms with E-state index in [2.05, 4.69) is 30.8 Å². The Kier molecular flexibility index (Phi) is 6.03. The molecule has 1 aromatic carbocycles. The van der Waals surface area contributed by atoms with Crippen molar-refractivity contribution < 1.29 is 4.74 Å². The van der Waals surface area contributed by atoms with Crippen LogP contribution in [-0.4, -0.2) is 34.0 Å². The van der Waals surface area contributed by atoms with E-state index in [1.807, 2.05) is 43.3 Å². The van der Waals surface area contributed by atoms with E-state index in [1.165, 1.54) is 12.5 Å². The van der Waals surface area contributed by atoms with Crippen molar-refractivity contribution in [1.82, 2.24) is 15.0 Å². The Bertz CT molecular complexity index is 928. The standard InChI is InChI=1S/C19H19N7O/c1-2-27-16-5-3-4-15(10-16)25-18-17(11-20)19(23-13-22-18)26-24-12-14-6-8-21-9-7-14/h3-13,20H,2H2,1H3,(H2,22,23,25,26)/b20-11?,24-12+. The maximum atomic E-state index is 7.73. The first-order valence-corrected chi connectivity index (χ1v) is 8.34. The second-order valence-corrected chi connectivity index (χ2v) is 5.37. The summed E-state index contributed by atoms with van der Waals surface area (Å²) in [4.78, 5) is 12.4. The highest BCUT2D eigenvalue weighted by atomic mass is 16.5. The molecular formula is C19H19N7O.